The maximum atomic E-state index is 14.0. The number of hydrogen-bond acceptors (Lipinski definition) is 3. The first-order valence-electron chi connectivity index (χ1n) is 7.43. The van der Waals surface area contributed by atoms with Crippen LogP contribution in [0.4, 0.5) is 8.78 Å². The lowest BCUT2D eigenvalue weighted by molar-refractivity contribution is 0.172. The predicted octanol–water partition coefficient (Wildman–Crippen LogP) is 3.14. The summed E-state index contributed by atoms with van der Waals surface area (Å²) in [6, 6.07) is 12.2. The van der Waals surface area contributed by atoms with Crippen molar-refractivity contribution in [2.24, 2.45) is 0 Å². The summed E-state index contributed by atoms with van der Waals surface area (Å²) < 4.78 is 27.5. The second-order valence-electron chi connectivity index (χ2n) is 5.81. The van der Waals surface area contributed by atoms with Crippen molar-refractivity contribution in [2.45, 2.75) is 25.1 Å². The molecule has 1 aliphatic heterocycles. The van der Waals surface area contributed by atoms with Gasteiger partial charge in [-0.1, -0.05) is 12.1 Å². The third kappa shape index (κ3) is 3.39. The van der Waals surface area contributed by atoms with Gasteiger partial charge in [-0.2, -0.15) is 5.26 Å². The van der Waals surface area contributed by atoms with Crippen LogP contribution in [-0.2, 0) is 6.54 Å². The smallest absolute Gasteiger partial charge is 0.128 e. The van der Waals surface area contributed by atoms with Crippen LogP contribution in [0.5, 0.6) is 0 Å². The summed E-state index contributed by atoms with van der Waals surface area (Å²) in [4.78, 5) is 1.93. The van der Waals surface area contributed by atoms with Crippen LogP contribution in [0.3, 0.4) is 0 Å². The molecule has 1 heterocycles. The quantitative estimate of drug-likeness (QED) is 0.947. The molecule has 2 atom stereocenters. The number of halogens is 2. The summed E-state index contributed by atoms with van der Waals surface area (Å²) in [5, 5.41) is 18.8. The number of hydrogen-bond donors (Lipinski definition) is 1. The fourth-order valence-corrected chi connectivity index (χ4v) is 3.07. The lowest BCUT2D eigenvalue weighted by Crippen LogP contribution is -2.25. The minimum atomic E-state index is -0.568. The molecule has 0 saturated carbocycles. The van der Waals surface area contributed by atoms with Gasteiger partial charge in [-0.3, -0.25) is 4.90 Å². The Balaban J connectivity index is 1.84. The lowest BCUT2D eigenvalue weighted by Gasteiger charge is -2.25. The normalized spacial score (nSPS) is 21.3. The molecule has 3 nitrogen and oxygen atoms in total. The first-order chi connectivity index (χ1) is 11.1. The van der Waals surface area contributed by atoms with Crippen molar-refractivity contribution in [2.75, 3.05) is 6.54 Å². The molecule has 1 fully saturated rings. The zero-order valence-corrected chi connectivity index (χ0v) is 12.4. The number of β-amino-alcohol motifs (C(OH)–C–C–N with tert-alkyl or cyclic N) is 1. The summed E-state index contributed by atoms with van der Waals surface area (Å²) in [6.07, 6.45) is -0.197. The Morgan fingerprint density at radius 2 is 1.91 bits per heavy atom. The Morgan fingerprint density at radius 3 is 2.61 bits per heavy atom. The molecule has 2 aromatic rings. The van der Waals surface area contributed by atoms with Gasteiger partial charge in [-0.25, -0.2) is 8.78 Å². The van der Waals surface area contributed by atoms with Crippen LogP contribution in [0.25, 0.3) is 0 Å². The average Bonchev–Trinajstić information content (AvgIpc) is 2.91. The fraction of sp³-hybridized carbons (Fsp3) is 0.278. The average molecular weight is 314 g/mol. The Bertz CT molecular complexity index is 740. The standard InChI is InChI=1S/C18H16F2N2O/c19-14-5-6-17(20)16(7-14)18-8-15(23)11-22(18)10-13-3-1-12(9-21)2-4-13/h1-7,15,18,23H,8,10-11H2/t15-,18-/m0/s1. The van der Waals surface area contributed by atoms with E-state index in [-0.39, 0.29) is 11.6 Å². The number of nitriles is 1. The van der Waals surface area contributed by atoms with Crippen LogP contribution in [0.1, 0.15) is 29.2 Å². The molecule has 0 radical (unpaired) electrons. The van der Waals surface area contributed by atoms with Crippen LogP contribution in [-0.4, -0.2) is 22.7 Å². The van der Waals surface area contributed by atoms with Crippen molar-refractivity contribution < 1.29 is 13.9 Å². The molecule has 5 heteroatoms. The Kier molecular flexibility index (Phi) is 4.37. The molecule has 1 saturated heterocycles. The third-order valence-electron chi connectivity index (χ3n) is 4.17. The van der Waals surface area contributed by atoms with Gasteiger partial charge in [-0.15, -0.1) is 0 Å². The van der Waals surface area contributed by atoms with Gasteiger partial charge in [0.15, 0.2) is 0 Å². The van der Waals surface area contributed by atoms with Crippen LogP contribution < -0.4 is 0 Å². The highest BCUT2D eigenvalue weighted by Crippen LogP contribution is 2.35. The zero-order chi connectivity index (χ0) is 16.4. The van der Waals surface area contributed by atoms with Crippen LogP contribution >= 0.6 is 0 Å². The lowest BCUT2D eigenvalue weighted by atomic mass is 10.0. The van der Waals surface area contributed by atoms with Gasteiger partial charge < -0.3 is 5.11 Å². The minimum Gasteiger partial charge on any atom is -0.392 e. The number of benzene rings is 2. The molecule has 118 valence electrons. The van der Waals surface area contributed by atoms with E-state index in [1.54, 1.807) is 12.1 Å². The molecular formula is C18H16F2N2O. The summed E-state index contributed by atoms with van der Waals surface area (Å²) >= 11 is 0. The van der Waals surface area contributed by atoms with Crippen molar-refractivity contribution in [3.05, 3.63) is 70.8 Å². The second-order valence-corrected chi connectivity index (χ2v) is 5.81. The largest absolute Gasteiger partial charge is 0.392 e. The highest BCUT2D eigenvalue weighted by Gasteiger charge is 2.33. The highest BCUT2D eigenvalue weighted by atomic mass is 19.1. The van der Waals surface area contributed by atoms with E-state index in [1.165, 1.54) is 6.07 Å². The maximum Gasteiger partial charge on any atom is 0.128 e. The summed E-state index contributed by atoms with van der Waals surface area (Å²) in [6.45, 7) is 0.907. The number of aliphatic hydroxyl groups is 1. The van der Waals surface area contributed by atoms with E-state index >= 15 is 0 Å². The van der Waals surface area contributed by atoms with E-state index in [9.17, 15) is 13.9 Å². The first-order valence-corrected chi connectivity index (χ1v) is 7.43. The van der Waals surface area contributed by atoms with Crippen LogP contribution in [0, 0.1) is 23.0 Å². The van der Waals surface area contributed by atoms with Crippen molar-refractivity contribution in [3.8, 4) is 6.07 Å². The molecule has 0 aromatic heterocycles. The Labute approximate surface area is 133 Å². The van der Waals surface area contributed by atoms with Crippen molar-refractivity contribution in [3.63, 3.8) is 0 Å². The first kappa shape index (κ1) is 15.6. The predicted molar refractivity (Wildman–Crippen MR) is 81.3 cm³/mol. The number of nitrogens with zero attached hydrogens (tertiary/aromatic N) is 2. The molecule has 2 aromatic carbocycles. The summed E-state index contributed by atoms with van der Waals surface area (Å²) in [5.41, 5.74) is 1.80. The number of rotatable bonds is 3. The van der Waals surface area contributed by atoms with E-state index < -0.39 is 17.7 Å². The molecule has 0 aliphatic carbocycles. The van der Waals surface area contributed by atoms with Crippen molar-refractivity contribution >= 4 is 0 Å². The van der Waals surface area contributed by atoms with Crippen molar-refractivity contribution in [1.82, 2.24) is 4.90 Å². The van der Waals surface area contributed by atoms with E-state index in [2.05, 4.69) is 6.07 Å². The maximum absolute atomic E-state index is 14.0. The van der Waals surface area contributed by atoms with Gasteiger partial charge in [0.1, 0.15) is 11.6 Å². The molecule has 1 N–H and O–H groups in total. The Morgan fingerprint density at radius 1 is 1.17 bits per heavy atom. The molecule has 0 amide bonds. The SMILES string of the molecule is N#Cc1ccc(CN2C[C@@H](O)C[C@H]2c2cc(F)ccc2F)cc1. The minimum absolute atomic E-state index is 0.273. The van der Waals surface area contributed by atoms with Gasteiger partial charge in [0.05, 0.1) is 17.7 Å². The van der Waals surface area contributed by atoms with Gasteiger partial charge in [0.2, 0.25) is 0 Å². The number of likely N-dealkylation sites (tertiary alicyclic amines) is 1. The summed E-state index contributed by atoms with van der Waals surface area (Å²) in [5.74, 6) is -0.948. The molecule has 1 aliphatic rings. The van der Waals surface area contributed by atoms with E-state index in [0.717, 1.165) is 17.7 Å². The monoisotopic (exact) mass is 314 g/mol. The van der Waals surface area contributed by atoms with Gasteiger partial charge >= 0.3 is 0 Å². The molecule has 3 rings (SSSR count). The van der Waals surface area contributed by atoms with Gasteiger partial charge in [-0.05, 0) is 42.3 Å². The van der Waals surface area contributed by atoms with E-state index in [4.69, 9.17) is 5.26 Å². The van der Waals surface area contributed by atoms with Gasteiger partial charge in [0.25, 0.3) is 0 Å². The molecule has 0 spiro atoms. The fourth-order valence-electron chi connectivity index (χ4n) is 3.07. The number of aliphatic hydroxyl groups excluding tert-OH is 1. The van der Waals surface area contributed by atoms with E-state index in [1.807, 2.05) is 17.0 Å². The summed E-state index contributed by atoms with van der Waals surface area (Å²) in [7, 11) is 0. The highest BCUT2D eigenvalue weighted by molar-refractivity contribution is 5.32. The molecule has 0 bridgehead atoms. The second kappa shape index (κ2) is 6.45. The van der Waals surface area contributed by atoms with Crippen LogP contribution in [0.2, 0.25) is 0 Å². The van der Waals surface area contributed by atoms with E-state index in [0.29, 0.717) is 25.1 Å². The topological polar surface area (TPSA) is 47.3 Å². The molecule has 0 unspecified atom stereocenters. The Hall–Kier alpha value is -2.29. The van der Waals surface area contributed by atoms with Crippen LogP contribution in [0.15, 0.2) is 42.5 Å². The van der Waals surface area contributed by atoms with Gasteiger partial charge in [0, 0.05) is 24.7 Å². The zero-order valence-electron chi connectivity index (χ0n) is 12.4. The van der Waals surface area contributed by atoms with Crippen molar-refractivity contribution in [1.29, 1.82) is 5.26 Å². The molecular weight excluding hydrogens is 298 g/mol. The third-order valence-corrected chi connectivity index (χ3v) is 4.17. The molecule has 23 heavy (non-hydrogen) atoms.